The van der Waals surface area contributed by atoms with E-state index in [0.717, 1.165) is 23.3 Å². The number of hydrogen-bond donors (Lipinski definition) is 1. The Bertz CT molecular complexity index is 1090. The van der Waals surface area contributed by atoms with Gasteiger partial charge in [-0.2, -0.15) is 0 Å². The quantitative estimate of drug-likeness (QED) is 0.540. The molecule has 2 heterocycles. The highest BCUT2D eigenvalue weighted by molar-refractivity contribution is 5.95. The number of nitrogens with one attached hydrogen (secondary N) is 1. The molecule has 0 unspecified atom stereocenters. The molecule has 0 saturated heterocycles. The fourth-order valence-electron chi connectivity index (χ4n) is 3.05. The Morgan fingerprint density at radius 2 is 1.75 bits per heavy atom. The minimum Gasteiger partial charge on any atom is -0.484 e. The number of pyridine rings is 1. The Balaban J connectivity index is 1.55. The summed E-state index contributed by atoms with van der Waals surface area (Å²) < 4.78 is 7.50. The van der Waals surface area contributed by atoms with Crippen LogP contribution in [0.2, 0.25) is 0 Å². The number of imidazole rings is 1. The third kappa shape index (κ3) is 3.74. The van der Waals surface area contributed by atoms with Gasteiger partial charge in [0.1, 0.15) is 22.9 Å². The van der Waals surface area contributed by atoms with Crippen molar-refractivity contribution < 1.29 is 9.53 Å². The third-order valence-corrected chi connectivity index (χ3v) is 4.54. The van der Waals surface area contributed by atoms with E-state index in [1.807, 2.05) is 83.4 Å². The van der Waals surface area contributed by atoms with Crippen LogP contribution in [-0.4, -0.2) is 21.9 Å². The minimum absolute atomic E-state index is 0.0697. The molecule has 5 nitrogen and oxygen atoms in total. The van der Waals surface area contributed by atoms with Crippen LogP contribution in [0.25, 0.3) is 16.9 Å². The van der Waals surface area contributed by atoms with Crippen LogP contribution < -0.4 is 10.1 Å². The van der Waals surface area contributed by atoms with Gasteiger partial charge in [0.2, 0.25) is 0 Å². The van der Waals surface area contributed by atoms with Crippen LogP contribution in [0.4, 0.5) is 5.82 Å². The number of rotatable bonds is 6. The van der Waals surface area contributed by atoms with Gasteiger partial charge in [0.15, 0.2) is 6.61 Å². The number of fused-ring (bicyclic) bond motifs is 1. The monoisotopic (exact) mass is 371 g/mol. The highest BCUT2D eigenvalue weighted by Crippen LogP contribution is 2.28. The van der Waals surface area contributed by atoms with Crippen LogP contribution in [0.5, 0.6) is 5.75 Å². The van der Waals surface area contributed by atoms with Crippen LogP contribution in [0.1, 0.15) is 12.5 Å². The van der Waals surface area contributed by atoms with E-state index in [4.69, 9.17) is 4.74 Å². The van der Waals surface area contributed by atoms with Gasteiger partial charge in [-0.05, 0) is 36.2 Å². The summed E-state index contributed by atoms with van der Waals surface area (Å²) in [6.45, 7) is 2.03. The Labute approximate surface area is 163 Å². The predicted molar refractivity (Wildman–Crippen MR) is 111 cm³/mol. The molecule has 1 N–H and O–H groups in total. The lowest BCUT2D eigenvalue weighted by Gasteiger charge is -2.09. The van der Waals surface area contributed by atoms with Crippen molar-refractivity contribution in [2.75, 3.05) is 11.9 Å². The molecule has 0 atom stereocenters. The van der Waals surface area contributed by atoms with E-state index < -0.39 is 0 Å². The number of carbonyl (C=O) groups excluding carboxylic acids is 1. The lowest BCUT2D eigenvalue weighted by molar-refractivity contribution is -0.118. The number of carbonyl (C=O) groups is 1. The maximum absolute atomic E-state index is 12.6. The van der Waals surface area contributed by atoms with E-state index in [-0.39, 0.29) is 12.5 Å². The molecule has 0 aliphatic rings. The molecule has 0 aliphatic carbocycles. The first kappa shape index (κ1) is 17.8. The zero-order valence-electron chi connectivity index (χ0n) is 15.6. The van der Waals surface area contributed by atoms with Crippen molar-refractivity contribution in [3.8, 4) is 17.0 Å². The van der Waals surface area contributed by atoms with Gasteiger partial charge in [-0.3, -0.25) is 9.20 Å². The van der Waals surface area contributed by atoms with E-state index in [2.05, 4.69) is 17.2 Å². The summed E-state index contributed by atoms with van der Waals surface area (Å²) in [6, 6.07) is 23.3. The number of hydrogen-bond acceptors (Lipinski definition) is 3. The molecule has 4 aromatic rings. The molecule has 140 valence electrons. The maximum Gasteiger partial charge on any atom is 0.263 e. The van der Waals surface area contributed by atoms with Crippen LogP contribution in [0.15, 0.2) is 79.0 Å². The molecule has 2 aromatic carbocycles. The second kappa shape index (κ2) is 7.96. The number of ether oxygens (including phenoxy) is 1. The second-order valence-corrected chi connectivity index (χ2v) is 6.44. The Morgan fingerprint density at radius 1 is 1.00 bits per heavy atom. The molecular formula is C23H21N3O2. The Kier molecular flexibility index (Phi) is 5.06. The summed E-state index contributed by atoms with van der Waals surface area (Å²) in [5, 5.41) is 2.96. The number of nitrogens with zero attached hydrogens (tertiary/aromatic N) is 2. The fourth-order valence-corrected chi connectivity index (χ4v) is 3.05. The van der Waals surface area contributed by atoms with Gasteiger partial charge in [-0.25, -0.2) is 4.98 Å². The van der Waals surface area contributed by atoms with Gasteiger partial charge in [0.25, 0.3) is 5.91 Å². The first-order valence-corrected chi connectivity index (χ1v) is 9.28. The number of aromatic nitrogens is 2. The lowest BCUT2D eigenvalue weighted by Crippen LogP contribution is -2.21. The molecule has 0 radical (unpaired) electrons. The van der Waals surface area contributed by atoms with Crippen LogP contribution in [0.3, 0.4) is 0 Å². The molecule has 28 heavy (non-hydrogen) atoms. The first-order valence-electron chi connectivity index (χ1n) is 9.28. The molecule has 0 saturated carbocycles. The molecule has 0 bridgehead atoms. The molecule has 0 spiro atoms. The number of anilines is 1. The summed E-state index contributed by atoms with van der Waals surface area (Å²) >= 11 is 0. The number of amides is 1. The van der Waals surface area contributed by atoms with E-state index in [0.29, 0.717) is 11.6 Å². The SMILES string of the molecule is CCc1ccc(OCC(=O)Nc2c(-c3ccccc3)nc3ccccn23)cc1. The summed E-state index contributed by atoms with van der Waals surface area (Å²) in [7, 11) is 0. The molecule has 1 amide bonds. The molecule has 5 heteroatoms. The normalized spacial score (nSPS) is 10.8. The zero-order valence-corrected chi connectivity index (χ0v) is 15.6. The van der Waals surface area contributed by atoms with Crippen molar-refractivity contribution >= 4 is 17.4 Å². The minimum atomic E-state index is -0.234. The molecular weight excluding hydrogens is 350 g/mol. The van der Waals surface area contributed by atoms with Gasteiger partial charge >= 0.3 is 0 Å². The molecule has 0 fully saturated rings. The highest BCUT2D eigenvalue weighted by Gasteiger charge is 2.16. The Morgan fingerprint density at radius 3 is 2.50 bits per heavy atom. The third-order valence-electron chi connectivity index (χ3n) is 4.54. The zero-order chi connectivity index (χ0) is 19.3. The maximum atomic E-state index is 12.6. The average Bonchev–Trinajstić information content (AvgIpc) is 3.12. The van der Waals surface area contributed by atoms with Crippen molar-refractivity contribution in [3.63, 3.8) is 0 Å². The summed E-state index contributed by atoms with van der Waals surface area (Å²) in [5.41, 5.74) is 3.67. The van der Waals surface area contributed by atoms with E-state index in [9.17, 15) is 4.79 Å². The summed E-state index contributed by atoms with van der Waals surface area (Å²) in [5.74, 6) is 1.08. The van der Waals surface area contributed by atoms with Gasteiger partial charge < -0.3 is 10.1 Å². The van der Waals surface area contributed by atoms with E-state index in [1.165, 1.54) is 5.56 Å². The Hall–Kier alpha value is -3.60. The van der Waals surface area contributed by atoms with Crippen molar-refractivity contribution in [2.24, 2.45) is 0 Å². The van der Waals surface area contributed by atoms with Gasteiger partial charge in [0, 0.05) is 11.8 Å². The molecule has 4 rings (SSSR count). The predicted octanol–water partition coefficient (Wildman–Crippen LogP) is 4.58. The van der Waals surface area contributed by atoms with Crippen molar-refractivity contribution in [1.82, 2.24) is 9.38 Å². The smallest absolute Gasteiger partial charge is 0.263 e. The van der Waals surface area contributed by atoms with Crippen molar-refractivity contribution in [2.45, 2.75) is 13.3 Å². The van der Waals surface area contributed by atoms with E-state index >= 15 is 0 Å². The second-order valence-electron chi connectivity index (χ2n) is 6.44. The van der Waals surface area contributed by atoms with Gasteiger partial charge in [-0.1, -0.05) is 55.5 Å². The lowest BCUT2D eigenvalue weighted by atomic mass is 10.1. The number of aryl methyl sites for hydroxylation is 1. The topological polar surface area (TPSA) is 55.6 Å². The number of benzene rings is 2. The first-order chi connectivity index (χ1) is 13.7. The fraction of sp³-hybridized carbons (Fsp3) is 0.130. The largest absolute Gasteiger partial charge is 0.484 e. The average molecular weight is 371 g/mol. The summed E-state index contributed by atoms with van der Waals surface area (Å²) in [4.78, 5) is 17.2. The highest BCUT2D eigenvalue weighted by atomic mass is 16.5. The molecule has 0 aliphatic heterocycles. The van der Waals surface area contributed by atoms with Gasteiger partial charge in [0.05, 0.1) is 0 Å². The van der Waals surface area contributed by atoms with Crippen molar-refractivity contribution in [3.05, 3.63) is 84.6 Å². The van der Waals surface area contributed by atoms with Crippen molar-refractivity contribution in [1.29, 1.82) is 0 Å². The van der Waals surface area contributed by atoms with Gasteiger partial charge in [-0.15, -0.1) is 0 Å². The van der Waals surface area contributed by atoms with Crippen LogP contribution in [0, 0.1) is 0 Å². The van der Waals surface area contributed by atoms with Crippen LogP contribution in [-0.2, 0) is 11.2 Å². The van der Waals surface area contributed by atoms with Crippen LogP contribution >= 0.6 is 0 Å². The molecule has 2 aromatic heterocycles. The standard InChI is InChI=1S/C23H21N3O2/c1-2-17-11-13-19(14-12-17)28-16-21(27)25-23-22(18-8-4-3-5-9-18)24-20-10-6-7-15-26(20)23/h3-15H,2,16H2,1H3,(H,25,27). The van der Waals surface area contributed by atoms with E-state index in [1.54, 1.807) is 0 Å². The summed E-state index contributed by atoms with van der Waals surface area (Å²) in [6.07, 6.45) is 2.85.